The van der Waals surface area contributed by atoms with Gasteiger partial charge in [-0.2, -0.15) is 13.2 Å². The number of halogens is 3. The molecule has 17 heavy (non-hydrogen) atoms. The minimum atomic E-state index is -4.38. The van der Waals surface area contributed by atoms with Crippen molar-refractivity contribution >= 4 is 5.52 Å². The maximum absolute atomic E-state index is 12.7. The molecule has 1 N–H and O–H groups in total. The minimum Gasteiger partial charge on any atom is -0.396 e. The molecule has 0 unspecified atom stereocenters. The number of hydrogen-bond acceptors (Lipinski definition) is 2. The predicted molar refractivity (Wildman–Crippen MR) is 55.6 cm³/mol. The molecule has 0 spiro atoms. The number of hydrogen-bond donors (Lipinski definition) is 1. The molecule has 0 aliphatic carbocycles. The van der Waals surface area contributed by atoms with Gasteiger partial charge >= 0.3 is 6.18 Å². The first kappa shape index (κ1) is 11.9. The molecule has 3 nitrogen and oxygen atoms in total. The summed E-state index contributed by atoms with van der Waals surface area (Å²) in [5.41, 5.74) is -0.643. The molecule has 2 heterocycles. The van der Waals surface area contributed by atoms with Crippen molar-refractivity contribution in [1.82, 2.24) is 9.38 Å². The summed E-state index contributed by atoms with van der Waals surface area (Å²) >= 11 is 0. The molecule has 0 aromatic carbocycles. The Labute approximate surface area is 95.5 Å². The lowest BCUT2D eigenvalue weighted by Gasteiger charge is -2.08. The van der Waals surface area contributed by atoms with E-state index in [0.29, 0.717) is 18.7 Å². The van der Waals surface area contributed by atoms with Crippen LogP contribution in [0, 0.1) is 0 Å². The van der Waals surface area contributed by atoms with Crippen molar-refractivity contribution in [2.75, 3.05) is 6.61 Å². The second kappa shape index (κ2) is 4.37. The van der Waals surface area contributed by atoms with Crippen molar-refractivity contribution in [1.29, 1.82) is 0 Å². The molecule has 0 aliphatic rings. The van der Waals surface area contributed by atoms with E-state index in [4.69, 9.17) is 5.11 Å². The maximum atomic E-state index is 12.7. The first-order chi connectivity index (χ1) is 8.04. The van der Waals surface area contributed by atoms with Crippen LogP contribution in [0.4, 0.5) is 13.2 Å². The Bertz CT molecular complexity index is 519. The van der Waals surface area contributed by atoms with E-state index in [0.717, 1.165) is 6.07 Å². The van der Waals surface area contributed by atoms with Gasteiger partial charge < -0.3 is 9.51 Å². The van der Waals surface area contributed by atoms with Crippen LogP contribution in [0.3, 0.4) is 0 Å². The molecule has 92 valence electrons. The Hall–Kier alpha value is -1.56. The zero-order valence-corrected chi connectivity index (χ0v) is 8.91. The molecule has 0 saturated carbocycles. The van der Waals surface area contributed by atoms with Crippen LogP contribution in [-0.4, -0.2) is 21.1 Å². The van der Waals surface area contributed by atoms with E-state index in [2.05, 4.69) is 4.98 Å². The highest BCUT2D eigenvalue weighted by atomic mass is 19.4. The first-order valence-corrected chi connectivity index (χ1v) is 5.17. The Balaban J connectivity index is 2.49. The zero-order valence-electron chi connectivity index (χ0n) is 8.91. The third kappa shape index (κ3) is 2.26. The van der Waals surface area contributed by atoms with Crippen LogP contribution >= 0.6 is 0 Å². The summed E-state index contributed by atoms with van der Waals surface area (Å²) in [6.45, 7) is -0.00608. The highest BCUT2D eigenvalue weighted by Crippen LogP contribution is 2.32. The SMILES string of the molecule is OCCCc1ncc2c(C(F)(F)F)cccn12. The molecule has 0 bridgehead atoms. The lowest BCUT2D eigenvalue weighted by atomic mass is 10.2. The van der Waals surface area contributed by atoms with Crippen LogP contribution in [0.15, 0.2) is 24.5 Å². The second-order valence-electron chi connectivity index (χ2n) is 3.68. The van der Waals surface area contributed by atoms with Gasteiger partial charge in [-0.15, -0.1) is 0 Å². The second-order valence-corrected chi connectivity index (χ2v) is 3.68. The fourth-order valence-electron chi connectivity index (χ4n) is 1.74. The number of alkyl halides is 3. The number of aryl methyl sites for hydroxylation is 1. The van der Waals surface area contributed by atoms with Gasteiger partial charge in [0.15, 0.2) is 0 Å². The molecule has 2 aromatic rings. The van der Waals surface area contributed by atoms with Crippen molar-refractivity contribution in [2.45, 2.75) is 19.0 Å². The maximum Gasteiger partial charge on any atom is 0.418 e. The molecule has 2 aromatic heterocycles. The van der Waals surface area contributed by atoms with Gasteiger partial charge in [0, 0.05) is 19.2 Å². The average Bonchev–Trinajstić information content (AvgIpc) is 2.67. The summed E-state index contributed by atoms with van der Waals surface area (Å²) < 4.78 is 39.5. The molecule has 0 aliphatic heterocycles. The van der Waals surface area contributed by atoms with Gasteiger partial charge in [-0.05, 0) is 18.6 Å². The topological polar surface area (TPSA) is 37.5 Å². The molecule has 2 rings (SSSR count). The lowest BCUT2D eigenvalue weighted by Crippen LogP contribution is -2.07. The largest absolute Gasteiger partial charge is 0.418 e. The molecular formula is C11H11F3N2O. The number of fused-ring (bicyclic) bond motifs is 1. The zero-order chi connectivity index (χ0) is 12.5. The molecule has 0 amide bonds. The molecule has 0 fully saturated rings. The third-order valence-corrected chi connectivity index (χ3v) is 2.51. The fourth-order valence-corrected chi connectivity index (χ4v) is 1.74. The van der Waals surface area contributed by atoms with Crippen molar-refractivity contribution < 1.29 is 18.3 Å². The Kier molecular flexibility index (Phi) is 3.06. The number of rotatable bonds is 3. The van der Waals surface area contributed by atoms with Crippen molar-refractivity contribution in [3.8, 4) is 0 Å². The summed E-state index contributed by atoms with van der Waals surface area (Å²) in [5, 5.41) is 8.70. The normalized spacial score (nSPS) is 12.2. The minimum absolute atomic E-state index is 0.00608. The summed E-state index contributed by atoms with van der Waals surface area (Å²) in [4.78, 5) is 3.96. The Morgan fingerprint density at radius 3 is 2.76 bits per heavy atom. The van der Waals surface area contributed by atoms with E-state index in [-0.39, 0.29) is 12.1 Å². The summed E-state index contributed by atoms with van der Waals surface area (Å²) in [6.07, 6.45) is -0.683. The van der Waals surface area contributed by atoms with Gasteiger partial charge in [0.25, 0.3) is 0 Å². The number of aliphatic hydroxyl groups is 1. The molecule has 0 atom stereocenters. The Morgan fingerprint density at radius 1 is 1.35 bits per heavy atom. The van der Waals surface area contributed by atoms with E-state index < -0.39 is 11.7 Å². The number of pyridine rings is 1. The smallest absolute Gasteiger partial charge is 0.396 e. The number of nitrogens with zero attached hydrogens (tertiary/aromatic N) is 2. The van der Waals surface area contributed by atoms with E-state index in [1.807, 2.05) is 0 Å². The highest BCUT2D eigenvalue weighted by molar-refractivity contribution is 5.55. The van der Waals surface area contributed by atoms with Gasteiger partial charge in [0.05, 0.1) is 17.3 Å². The lowest BCUT2D eigenvalue weighted by molar-refractivity contribution is -0.136. The van der Waals surface area contributed by atoms with Crippen LogP contribution < -0.4 is 0 Å². The number of imidazole rings is 1. The highest BCUT2D eigenvalue weighted by Gasteiger charge is 2.33. The summed E-state index contributed by atoms with van der Waals surface area (Å²) in [7, 11) is 0. The van der Waals surface area contributed by atoms with Crippen molar-refractivity contribution in [2.24, 2.45) is 0 Å². The van der Waals surface area contributed by atoms with Crippen LogP contribution in [0.1, 0.15) is 17.8 Å². The third-order valence-electron chi connectivity index (χ3n) is 2.51. The van der Waals surface area contributed by atoms with E-state index in [1.54, 1.807) is 6.20 Å². The van der Waals surface area contributed by atoms with Crippen LogP contribution in [0.25, 0.3) is 5.52 Å². The van der Waals surface area contributed by atoms with Crippen LogP contribution in [0.5, 0.6) is 0 Å². The first-order valence-electron chi connectivity index (χ1n) is 5.17. The standard InChI is InChI=1S/C11H11F3N2O/c12-11(13,14)8-3-1-5-16-9(8)7-15-10(16)4-2-6-17/h1,3,5,7,17H,2,4,6H2. The molecule has 0 saturated heterocycles. The van der Waals surface area contributed by atoms with Gasteiger partial charge in [-0.3, -0.25) is 0 Å². The molecule has 0 radical (unpaired) electrons. The Morgan fingerprint density at radius 2 is 2.12 bits per heavy atom. The van der Waals surface area contributed by atoms with Gasteiger partial charge in [-0.25, -0.2) is 4.98 Å². The van der Waals surface area contributed by atoms with Gasteiger partial charge in [0.2, 0.25) is 0 Å². The average molecular weight is 244 g/mol. The van der Waals surface area contributed by atoms with E-state index in [1.165, 1.54) is 16.7 Å². The van der Waals surface area contributed by atoms with Crippen molar-refractivity contribution in [3.05, 3.63) is 35.9 Å². The van der Waals surface area contributed by atoms with Crippen LogP contribution in [-0.2, 0) is 12.6 Å². The van der Waals surface area contributed by atoms with Crippen molar-refractivity contribution in [3.63, 3.8) is 0 Å². The predicted octanol–water partition coefficient (Wildman–Crippen LogP) is 2.28. The molecule has 6 heteroatoms. The number of aliphatic hydroxyl groups excluding tert-OH is 1. The van der Waals surface area contributed by atoms with Gasteiger partial charge in [-0.1, -0.05) is 0 Å². The monoisotopic (exact) mass is 244 g/mol. The summed E-state index contributed by atoms with van der Waals surface area (Å²) in [6, 6.07) is 2.38. The number of aromatic nitrogens is 2. The quantitative estimate of drug-likeness (QED) is 0.899. The summed E-state index contributed by atoms with van der Waals surface area (Å²) in [5.74, 6) is 0.528. The van der Waals surface area contributed by atoms with Crippen LogP contribution in [0.2, 0.25) is 0 Å². The molecular weight excluding hydrogens is 233 g/mol. The van der Waals surface area contributed by atoms with Gasteiger partial charge in [0.1, 0.15) is 5.82 Å². The fraction of sp³-hybridized carbons (Fsp3) is 0.364. The van der Waals surface area contributed by atoms with E-state index in [9.17, 15) is 13.2 Å². The van der Waals surface area contributed by atoms with E-state index >= 15 is 0 Å².